The summed E-state index contributed by atoms with van der Waals surface area (Å²) >= 11 is 0. The van der Waals surface area contributed by atoms with E-state index in [9.17, 15) is 8.78 Å². The Hall–Kier alpha value is -3.58. The van der Waals surface area contributed by atoms with Crippen LogP contribution in [0, 0.1) is 11.6 Å². The van der Waals surface area contributed by atoms with Crippen molar-refractivity contribution in [2.75, 3.05) is 38.1 Å². The SMILES string of the molecule is CCc1cc(F)c(C2=Nc3ccc(-c4nc5ccc(N6CCN(C)CC6)cc5[nH]4)cc3C2)c(F)c1. The van der Waals surface area contributed by atoms with Crippen LogP contribution in [0.3, 0.4) is 0 Å². The third kappa shape index (κ3) is 4.00. The van der Waals surface area contributed by atoms with Gasteiger partial charge < -0.3 is 14.8 Å². The van der Waals surface area contributed by atoms with Gasteiger partial charge in [-0.3, -0.25) is 4.99 Å². The molecule has 7 heteroatoms. The van der Waals surface area contributed by atoms with Gasteiger partial charge in [-0.1, -0.05) is 6.92 Å². The predicted molar refractivity (Wildman–Crippen MR) is 137 cm³/mol. The molecule has 0 radical (unpaired) electrons. The Morgan fingerprint density at radius 1 is 0.943 bits per heavy atom. The van der Waals surface area contributed by atoms with Gasteiger partial charge in [0, 0.05) is 43.9 Å². The topological polar surface area (TPSA) is 47.5 Å². The zero-order chi connectivity index (χ0) is 24.1. The van der Waals surface area contributed by atoms with Crippen LogP contribution < -0.4 is 4.90 Å². The Kier molecular flexibility index (Phi) is 5.37. The predicted octanol–water partition coefficient (Wildman–Crippen LogP) is 5.50. The molecule has 0 atom stereocenters. The van der Waals surface area contributed by atoms with Gasteiger partial charge in [0.15, 0.2) is 0 Å². The fraction of sp³-hybridized carbons (Fsp3) is 0.286. The molecule has 5 nitrogen and oxygen atoms in total. The van der Waals surface area contributed by atoms with Crippen molar-refractivity contribution in [3.05, 3.63) is 76.9 Å². The molecule has 1 aromatic heterocycles. The van der Waals surface area contributed by atoms with Crippen LogP contribution >= 0.6 is 0 Å². The minimum atomic E-state index is -0.554. The molecule has 2 aliphatic rings. The van der Waals surface area contributed by atoms with E-state index in [0.29, 0.717) is 24.1 Å². The summed E-state index contributed by atoms with van der Waals surface area (Å²) < 4.78 is 29.4. The minimum absolute atomic E-state index is 0.0277. The van der Waals surface area contributed by atoms with Gasteiger partial charge in [0.05, 0.1) is 28.0 Å². The van der Waals surface area contributed by atoms with E-state index in [-0.39, 0.29) is 5.56 Å². The number of anilines is 1. The smallest absolute Gasteiger partial charge is 0.138 e. The lowest BCUT2D eigenvalue weighted by Gasteiger charge is -2.34. The molecule has 0 unspecified atom stereocenters. The number of aliphatic imine (C=N–C) groups is 1. The highest BCUT2D eigenvalue weighted by molar-refractivity contribution is 6.07. The van der Waals surface area contributed by atoms with Crippen molar-refractivity contribution in [2.24, 2.45) is 4.99 Å². The van der Waals surface area contributed by atoms with E-state index in [1.807, 2.05) is 25.1 Å². The number of nitrogens with one attached hydrogen (secondary N) is 1. The number of hydrogen-bond donors (Lipinski definition) is 1. The average Bonchev–Trinajstić information content (AvgIpc) is 3.47. The summed E-state index contributed by atoms with van der Waals surface area (Å²) in [6.07, 6.45) is 0.967. The maximum absolute atomic E-state index is 14.7. The number of aromatic amines is 1. The van der Waals surface area contributed by atoms with Crippen LogP contribution in [-0.4, -0.2) is 53.8 Å². The van der Waals surface area contributed by atoms with Gasteiger partial charge in [-0.25, -0.2) is 13.8 Å². The maximum Gasteiger partial charge on any atom is 0.138 e. The fourth-order valence-corrected chi connectivity index (χ4v) is 4.99. The van der Waals surface area contributed by atoms with Crippen LogP contribution in [0.25, 0.3) is 22.4 Å². The molecule has 2 aliphatic heterocycles. The maximum atomic E-state index is 14.7. The molecular formula is C28H27F2N5. The van der Waals surface area contributed by atoms with E-state index in [0.717, 1.165) is 59.9 Å². The van der Waals surface area contributed by atoms with E-state index < -0.39 is 11.6 Å². The number of likely N-dealkylation sites (N-methyl/N-ethyl adjacent to an activating group) is 1. The van der Waals surface area contributed by atoms with Crippen LogP contribution in [0.2, 0.25) is 0 Å². The Balaban J connectivity index is 1.27. The molecule has 3 aromatic carbocycles. The van der Waals surface area contributed by atoms with E-state index in [1.54, 1.807) is 0 Å². The molecule has 0 bridgehead atoms. The number of benzene rings is 3. The van der Waals surface area contributed by atoms with Crippen molar-refractivity contribution in [3.8, 4) is 11.4 Å². The molecule has 4 aromatic rings. The van der Waals surface area contributed by atoms with Gasteiger partial charge >= 0.3 is 0 Å². The van der Waals surface area contributed by atoms with Crippen molar-refractivity contribution >= 4 is 28.1 Å². The van der Waals surface area contributed by atoms with Crippen LogP contribution in [0.4, 0.5) is 20.2 Å². The standard InChI is InChI=1S/C28H27F2N5/c1-3-17-12-21(29)27(22(30)13-17)26-15-19-14-18(4-6-23(19)31-26)28-32-24-7-5-20(16-25(24)33-28)35-10-8-34(2)9-11-35/h4-7,12-14,16H,3,8-11,15H2,1-2H3,(H,32,33). The molecule has 0 saturated carbocycles. The largest absolute Gasteiger partial charge is 0.369 e. The minimum Gasteiger partial charge on any atom is -0.369 e. The van der Waals surface area contributed by atoms with Crippen LogP contribution in [0.5, 0.6) is 0 Å². The molecule has 35 heavy (non-hydrogen) atoms. The average molecular weight is 472 g/mol. The lowest BCUT2D eigenvalue weighted by atomic mass is 10.00. The number of aromatic nitrogens is 2. The van der Waals surface area contributed by atoms with E-state index >= 15 is 0 Å². The molecule has 3 heterocycles. The highest BCUT2D eigenvalue weighted by Crippen LogP contribution is 2.34. The van der Waals surface area contributed by atoms with Gasteiger partial charge in [-0.05, 0) is 73.1 Å². The fourth-order valence-electron chi connectivity index (χ4n) is 4.99. The molecule has 0 aliphatic carbocycles. The number of fused-ring (bicyclic) bond motifs is 2. The lowest BCUT2D eigenvalue weighted by Crippen LogP contribution is -2.44. The van der Waals surface area contributed by atoms with Crippen LogP contribution in [0.15, 0.2) is 53.5 Å². The van der Waals surface area contributed by atoms with E-state index in [1.165, 1.54) is 17.8 Å². The Morgan fingerprint density at radius 3 is 2.46 bits per heavy atom. The highest BCUT2D eigenvalue weighted by atomic mass is 19.1. The summed E-state index contributed by atoms with van der Waals surface area (Å²) in [4.78, 5) is 17.5. The second-order valence-corrected chi connectivity index (χ2v) is 9.44. The summed E-state index contributed by atoms with van der Waals surface area (Å²) in [6.45, 7) is 6.02. The first-order valence-electron chi connectivity index (χ1n) is 12.1. The molecule has 0 spiro atoms. The second kappa shape index (κ2) is 8.57. The molecule has 1 fully saturated rings. The van der Waals surface area contributed by atoms with Crippen molar-refractivity contribution in [2.45, 2.75) is 19.8 Å². The summed E-state index contributed by atoms with van der Waals surface area (Å²) in [5, 5.41) is 0. The van der Waals surface area contributed by atoms with Gasteiger partial charge in [-0.2, -0.15) is 0 Å². The number of hydrogen-bond acceptors (Lipinski definition) is 4. The van der Waals surface area contributed by atoms with E-state index in [2.05, 4.69) is 45.0 Å². The Morgan fingerprint density at radius 2 is 1.71 bits per heavy atom. The summed E-state index contributed by atoms with van der Waals surface area (Å²) in [7, 11) is 2.15. The summed E-state index contributed by atoms with van der Waals surface area (Å²) in [5.41, 5.74) is 6.76. The van der Waals surface area contributed by atoms with Crippen molar-refractivity contribution < 1.29 is 8.78 Å². The normalized spacial score (nSPS) is 16.1. The Labute approximate surface area is 203 Å². The Bertz CT molecular complexity index is 1440. The number of rotatable bonds is 4. The molecule has 1 N–H and O–H groups in total. The summed E-state index contributed by atoms with van der Waals surface area (Å²) in [6, 6.07) is 15.0. The van der Waals surface area contributed by atoms with Crippen molar-refractivity contribution in [1.29, 1.82) is 0 Å². The van der Waals surface area contributed by atoms with Crippen molar-refractivity contribution in [3.63, 3.8) is 0 Å². The van der Waals surface area contributed by atoms with Gasteiger partial charge in [-0.15, -0.1) is 0 Å². The quantitative estimate of drug-likeness (QED) is 0.428. The first-order chi connectivity index (χ1) is 17.0. The zero-order valence-electron chi connectivity index (χ0n) is 19.9. The number of H-pyrrole nitrogens is 1. The van der Waals surface area contributed by atoms with Gasteiger partial charge in [0.2, 0.25) is 0 Å². The summed E-state index contributed by atoms with van der Waals surface area (Å²) in [5.74, 6) is -0.333. The molecular weight excluding hydrogens is 444 g/mol. The number of aryl methyl sites for hydroxylation is 1. The molecule has 0 amide bonds. The zero-order valence-corrected chi connectivity index (χ0v) is 19.9. The third-order valence-corrected chi connectivity index (χ3v) is 7.10. The first-order valence-corrected chi connectivity index (χ1v) is 12.1. The van der Waals surface area contributed by atoms with E-state index in [4.69, 9.17) is 4.98 Å². The second-order valence-electron chi connectivity index (χ2n) is 9.44. The molecule has 178 valence electrons. The molecule has 6 rings (SSSR count). The number of piperazine rings is 1. The van der Waals surface area contributed by atoms with Gasteiger partial charge in [0.1, 0.15) is 17.5 Å². The highest BCUT2D eigenvalue weighted by Gasteiger charge is 2.23. The van der Waals surface area contributed by atoms with Gasteiger partial charge in [0.25, 0.3) is 0 Å². The third-order valence-electron chi connectivity index (χ3n) is 7.10. The number of halogens is 2. The number of imidazole rings is 1. The molecule has 1 saturated heterocycles. The lowest BCUT2D eigenvalue weighted by molar-refractivity contribution is 0.313. The van der Waals surface area contributed by atoms with Crippen molar-refractivity contribution in [1.82, 2.24) is 14.9 Å². The van der Waals surface area contributed by atoms with Crippen LogP contribution in [0.1, 0.15) is 23.6 Å². The number of nitrogens with zero attached hydrogens (tertiary/aromatic N) is 4. The monoisotopic (exact) mass is 471 g/mol. The first kappa shape index (κ1) is 21.9. The van der Waals surface area contributed by atoms with Crippen LogP contribution in [-0.2, 0) is 12.8 Å².